The van der Waals surface area contributed by atoms with E-state index in [1.165, 1.54) is 0 Å². The summed E-state index contributed by atoms with van der Waals surface area (Å²) in [5.74, 6) is 2.57. The maximum Gasteiger partial charge on any atom is 0.165 e. The Morgan fingerprint density at radius 3 is 2.54 bits per heavy atom. The fourth-order valence-corrected chi connectivity index (χ4v) is 1.15. The number of terminal acetylenes is 1. The number of Topliss-reactive ketones (excluding diaryl/α,β-unsaturated/α-hetero) is 1. The smallest absolute Gasteiger partial charge is 0.165 e. The molecule has 0 radical (unpaired) electrons. The normalized spacial score (nSPS) is 14.6. The number of ketones is 1. The van der Waals surface area contributed by atoms with E-state index < -0.39 is 5.60 Å². The first-order valence-electron chi connectivity index (χ1n) is 4.71. The molecule has 0 amide bonds. The van der Waals surface area contributed by atoms with E-state index >= 15 is 0 Å². The molecule has 13 heavy (non-hydrogen) atoms. The van der Waals surface area contributed by atoms with E-state index in [0.717, 1.165) is 0 Å². The minimum Gasteiger partial charge on any atom is -0.368 e. The van der Waals surface area contributed by atoms with Crippen LogP contribution in [0, 0.1) is 12.3 Å². The van der Waals surface area contributed by atoms with E-state index in [9.17, 15) is 4.79 Å². The van der Waals surface area contributed by atoms with E-state index in [-0.39, 0.29) is 5.78 Å². The summed E-state index contributed by atoms with van der Waals surface area (Å²) in [5, 5.41) is 0. The van der Waals surface area contributed by atoms with Crippen molar-refractivity contribution >= 4 is 5.78 Å². The van der Waals surface area contributed by atoms with E-state index in [2.05, 4.69) is 5.92 Å². The van der Waals surface area contributed by atoms with Crippen molar-refractivity contribution < 1.29 is 9.53 Å². The predicted molar refractivity (Wildman–Crippen MR) is 53.4 cm³/mol. The lowest BCUT2D eigenvalue weighted by Crippen LogP contribution is -2.37. The van der Waals surface area contributed by atoms with Gasteiger partial charge in [-0.05, 0) is 20.3 Å². The van der Waals surface area contributed by atoms with Gasteiger partial charge in [0.15, 0.2) is 5.78 Å². The molecule has 0 spiro atoms. The van der Waals surface area contributed by atoms with Gasteiger partial charge in [-0.1, -0.05) is 6.92 Å². The van der Waals surface area contributed by atoms with Crippen molar-refractivity contribution in [1.82, 2.24) is 0 Å². The molecule has 0 aliphatic rings. The summed E-state index contributed by atoms with van der Waals surface area (Å²) in [6.07, 6.45) is 6.71. The van der Waals surface area contributed by atoms with Gasteiger partial charge in [-0.15, -0.1) is 12.3 Å². The number of carbonyl (C=O) groups excluding carboxylic acids is 1. The number of hydrogen-bond donors (Lipinski definition) is 0. The molecule has 2 nitrogen and oxygen atoms in total. The number of rotatable bonds is 6. The van der Waals surface area contributed by atoms with Gasteiger partial charge in [0, 0.05) is 19.4 Å². The van der Waals surface area contributed by atoms with Crippen LogP contribution in [0.4, 0.5) is 0 Å². The van der Waals surface area contributed by atoms with Crippen LogP contribution in [0.2, 0.25) is 0 Å². The Labute approximate surface area is 80.7 Å². The summed E-state index contributed by atoms with van der Waals surface area (Å²) in [5.41, 5.74) is -0.633. The molecule has 0 aromatic rings. The topological polar surface area (TPSA) is 26.3 Å². The quantitative estimate of drug-likeness (QED) is 0.588. The number of carbonyl (C=O) groups is 1. The Kier molecular flexibility index (Phi) is 5.41. The standard InChI is InChI=1S/C11H18O2/c1-5-8-9-10(12)11(4,6-2)13-7-3/h1H,6-9H2,2-4H3. The highest BCUT2D eigenvalue weighted by Gasteiger charge is 2.30. The maximum atomic E-state index is 11.6. The number of hydrogen-bond acceptors (Lipinski definition) is 2. The van der Waals surface area contributed by atoms with E-state index in [0.29, 0.717) is 25.9 Å². The van der Waals surface area contributed by atoms with Crippen molar-refractivity contribution in [2.24, 2.45) is 0 Å². The highest BCUT2D eigenvalue weighted by atomic mass is 16.5. The van der Waals surface area contributed by atoms with E-state index in [4.69, 9.17) is 11.2 Å². The molecule has 0 bridgehead atoms. The third-order valence-electron chi connectivity index (χ3n) is 2.22. The van der Waals surface area contributed by atoms with Crippen molar-refractivity contribution in [3.63, 3.8) is 0 Å². The minimum atomic E-state index is -0.633. The largest absolute Gasteiger partial charge is 0.368 e. The lowest BCUT2D eigenvalue weighted by atomic mass is 9.94. The second-order valence-electron chi connectivity index (χ2n) is 3.14. The van der Waals surface area contributed by atoms with Gasteiger partial charge < -0.3 is 4.74 Å². The van der Waals surface area contributed by atoms with Crippen LogP contribution in [0.1, 0.15) is 40.0 Å². The third kappa shape index (κ3) is 3.61. The summed E-state index contributed by atoms with van der Waals surface area (Å²) in [6, 6.07) is 0. The molecule has 0 N–H and O–H groups in total. The van der Waals surface area contributed by atoms with Gasteiger partial charge in [-0.3, -0.25) is 4.79 Å². The lowest BCUT2D eigenvalue weighted by molar-refractivity contribution is -0.142. The van der Waals surface area contributed by atoms with E-state index in [1.54, 1.807) is 0 Å². The molecule has 0 aromatic carbocycles. The molecule has 0 saturated heterocycles. The molecule has 1 atom stereocenters. The van der Waals surface area contributed by atoms with Crippen LogP contribution in [0.15, 0.2) is 0 Å². The molecular formula is C11H18O2. The average molecular weight is 182 g/mol. The van der Waals surface area contributed by atoms with Gasteiger partial charge >= 0.3 is 0 Å². The summed E-state index contributed by atoms with van der Waals surface area (Å²) in [7, 11) is 0. The molecule has 0 aliphatic carbocycles. The molecule has 1 unspecified atom stereocenters. The second kappa shape index (κ2) is 5.77. The minimum absolute atomic E-state index is 0.106. The van der Waals surface area contributed by atoms with Crippen LogP contribution >= 0.6 is 0 Å². The SMILES string of the molecule is C#CCCC(=O)C(C)(CC)OCC. The lowest BCUT2D eigenvalue weighted by Gasteiger charge is -2.26. The number of ether oxygens (including phenoxy) is 1. The molecule has 0 heterocycles. The van der Waals surface area contributed by atoms with Gasteiger partial charge in [0.05, 0.1) is 0 Å². The zero-order valence-electron chi connectivity index (χ0n) is 8.72. The van der Waals surface area contributed by atoms with Gasteiger partial charge in [0.25, 0.3) is 0 Å². The van der Waals surface area contributed by atoms with Gasteiger partial charge in [-0.25, -0.2) is 0 Å². The van der Waals surface area contributed by atoms with Gasteiger partial charge in [-0.2, -0.15) is 0 Å². The summed E-state index contributed by atoms with van der Waals surface area (Å²) in [6.45, 7) is 6.23. The molecule has 0 saturated carbocycles. The summed E-state index contributed by atoms with van der Waals surface area (Å²) >= 11 is 0. The highest BCUT2D eigenvalue weighted by molar-refractivity contribution is 5.87. The molecule has 74 valence electrons. The Balaban J connectivity index is 4.22. The summed E-state index contributed by atoms with van der Waals surface area (Å²) < 4.78 is 5.42. The second-order valence-corrected chi connectivity index (χ2v) is 3.14. The Morgan fingerprint density at radius 2 is 2.15 bits per heavy atom. The highest BCUT2D eigenvalue weighted by Crippen LogP contribution is 2.18. The fourth-order valence-electron chi connectivity index (χ4n) is 1.15. The first-order chi connectivity index (χ1) is 6.10. The Morgan fingerprint density at radius 1 is 1.54 bits per heavy atom. The molecule has 2 heteroatoms. The van der Waals surface area contributed by atoms with Crippen LogP contribution < -0.4 is 0 Å². The molecule has 0 fully saturated rings. The van der Waals surface area contributed by atoms with Crippen molar-refractivity contribution in [2.45, 2.75) is 45.6 Å². The van der Waals surface area contributed by atoms with Crippen LogP contribution in [0.3, 0.4) is 0 Å². The first-order valence-corrected chi connectivity index (χ1v) is 4.71. The molecular weight excluding hydrogens is 164 g/mol. The van der Waals surface area contributed by atoms with Crippen LogP contribution in [0.5, 0.6) is 0 Å². The molecule has 0 aliphatic heterocycles. The average Bonchev–Trinajstić information content (AvgIpc) is 2.14. The zero-order valence-corrected chi connectivity index (χ0v) is 8.72. The maximum absolute atomic E-state index is 11.6. The Hall–Kier alpha value is -0.810. The first kappa shape index (κ1) is 12.2. The van der Waals surface area contributed by atoms with E-state index in [1.807, 2.05) is 20.8 Å². The molecule has 0 rings (SSSR count). The van der Waals surface area contributed by atoms with Gasteiger partial charge in [0.2, 0.25) is 0 Å². The van der Waals surface area contributed by atoms with Crippen molar-refractivity contribution in [3.05, 3.63) is 0 Å². The van der Waals surface area contributed by atoms with Crippen LogP contribution in [-0.2, 0) is 9.53 Å². The van der Waals surface area contributed by atoms with Gasteiger partial charge in [0.1, 0.15) is 5.60 Å². The monoisotopic (exact) mass is 182 g/mol. The van der Waals surface area contributed by atoms with Crippen LogP contribution in [-0.4, -0.2) is 18.0 Å². The Bertz CT molecular complexity index is 203. The molecule has 0 aromatic heterocycles. The zero-order chi connectivity index (χ0) is 10.3. The van der Waals surface area contributed by atoms with Crippen molar-refractivity contribution in [2.75, 3.05) is 6.61 Å². The van der Waals surface area contributed by atoms with Crippen LogP contribution in [0.25, 0.3) is 0 Å². The third-order valence-corrected chi connectivity index (χ3v) is 2.22. The predicted octanol–water partition coefficient (Wildman–Crippen LogP) is 2.17. The fraction of sp³-hybridized carbons (Fsp3) is 0.727. The van der Waals surface area contributed by atoms with Crippen molar-refractivity contribution in [1.29, 1.82) is 0 Å². The van der Waals surface area contributed by atoms with Crippen molar-refractivity contribution in [3.8, 4) is 12.3 Å². The summed E-state index contributed by atoms with van der Waals surface area (Å²) in [4.78, 5) is 11.6.